The molecule has 1 amide bonds. The molecule has 5 rings (SSSR count). The van der Waals surface area contributed by atoms with Crippen molar-refractivity contribution in [2.45, 2.75) is 13.1 Å². The Balaban J connectivity index is 1.30. The van der Waals surface area contributed by atoms with E-state index in [-0.39, 0.29) is 11.5 Å². The number of nitrogens with zero attached hydrogens (tertiary/aromatic N) is 4. The van der Waals surface area contributed by atoms with E-state index in [0.29, 0.717) is 18.7 Å². The molecule has 7 heteroatoms. The summed E-state index contributed by atoms with van der Waals surface area (Å²) >= 11 is 0. The average Bonchev–Trinajstić information content (AvgIpc) is 3.17. The Morgan fingerprint density at radius 2 is 1.62 bits per heavy atom. The predicted molar refractivity (Wildman–Crippen MR) is 124 cm³/mol. The maximum atomic E-state index is 12.7. The van der Waals surface area contributed by atoms with Crippen LogP contribution in [0.2, 0.25) is 0 Å². The van der Waals surface area contributed by atoms with Crippen molar-refractivity contribution in [2.75, 3.05) is 26.2 Å². The van der Waals surface area contributed by atoms with Gasteiger partial charge in [-0.15, -0.1) is 0 Å². The van der Waals surface area contributed by atoms with Crippen LogP contribution in [-0.4, -0.2) is 56.4 Å². The van der Waals surface area contributed by atoms with E-state index < -0.39 is 0 Å². The highest BCUT2D eigenvalue weighted by atomic mass is 16.2. The highest BCUT2D eigenvalue weighted by molar-refractivity contribution is 5.93. The Morgan fingerprint density at radius 1 is 0.875 bits per heavy atom. The van der Waals surface area contributed by atoms with Crippen molar-refractivity contribution in [2.24, 2.45) is 0 Å². The van der Waals surface area contributed by atoms with Crippen molar-refractivity contribution in [1.29, 1.82) is 0 Å². The van der Waals surface area contributed by atoms with Crippen LogP contribution in [0.1, 0.15) is 21.7 Å². The second kappa shape index (κ2) is 8.80. The zero-order valence-corrected chi connectivity index (χ0v) is 17.8. The number of benzene rings is 2. The van der Waals surface area contributed by atoms with Crippen LogP contribution in [0.3, 0.4) is 0 Å². The SMILES string of the molecule is O=C(c1ccc(=O)[nH]c1)N1CCN(Cc2nc3ccccc3n2Cc2ccccc2)CC1. The Labute approximate surface area is 185 Å². The molecule has 1 saturated heterocycles. The van der Waals surface area contributed by atoms with E-state index >= 15 is 0 Å². The second-order valence-corrected chi connectivity index (χ2v) is 8.10. The molecule has 162 valence electrons. The molecule has 3 heterocycles. The quantitative estimate of drug-likeness (QED) is 0.532. The number of nitrogens with one attached hydrogen (secondary N) is 1. The minimum absolute atomic E-state index is 0.0442. The van der Waals surface area contributed by atoms with Gasteiger partial charge < -0.3 is 14.5 Å². The van der Waals surface area contributed by atoms with Gasteiger partial charge in [0.1, 0.15) is 5.82 Å². The Hall–Kier alpha value is -3.71. The van der Waals surface area contributed by atoms with Crippen molar-refractivity contribution < 1.29 is 4.79 Å². The summed E-state index contributed by atoms with van der Waals surface area (Å²) in [5.74, 6) is 0.993. The normalized spacial score (nSPS) is 14.7. The third-order valence-electron chi connectivity index (χ3n) is 5.97. The number of hydrogen-bond acceptors (Lipinski definition) is 4. The lowest BCUT2D eigenvalue weighted by Crippen LogP contribution is -2.48. The van der Waals surface area contributed by atoms with E-state index in [0.717, 1.165) is 43.0 Å². The molecule has 1 fully saturated rings. The first kappa shape index (κ1) is 20.2. The summed E-state index contributed by atoms with van der Waals surface area (Å²) in [6, 6.07) is 21.7. The molecular formula is C25H25N5O2. The fourth-order valence-corrected chi connectivity index (χ4v) is 4.22. The molecule has 2 aromatic carbocycles. The number of H-pyrrole nitrogens is 1. The topological polar surface area (TPSA) is 74.2 Å². The number of aromatic nitrogens is 3. The third kappa shape index (κ3) is 4.20. The summed E-state index contributed by atoms with van der Waals surface area (Å²) in [5, 5.41) is 0. The maximum absolute atomic E-state index is 12.7. The van der Waals surface area contributed by atoms with Gasteiger partial charge in [0.2, 0.25) is 5.56 Å². The molecule has 1 aliphatic heterocycles. The van der Waals surface area contributed by atoms with Gasteiger partial charge in [-0.1, -0.05) is 42.5 Å². The smallest absolute Gasteiger partial charge is 0.255 e. The molecule has 0 unspecified atom stereocenters. The van der Waals surface area contributed by atoms with Gasteiger partial charge in [0, 0.05) is 45.0 Å². The monoisotopic (exact) mass is 427 g/mol. The molecule has 0 saturated carbocycles. The highest BCUT2D eigenvalue weighted by Crippen LogP contribution is 2.20. The molecule has 0 spiro atoms. The first-order valence-corrected chi connectivity index (χ1v) is 10.9. The lowest BCUT2D eigenvalue weighted by molar-refractivity contribution is 0.0624. The van der Waals surface area contributed by atoms with Crippen LogP contribution in [0.15, 0.2) is 77.7 Å². The number of pyridine rings is 1. The molecule has 1 N–H and O–H groups in total. The Bertz CT molecular complexity index is 1270. The van der Waals surface area contributed by atoms with Gasteiger partial charge in [-0.25, -0.2) is 4.98 Å². The minimum atomic E-state index is -0.204. The molecule has 0 atom stereocenters. The van der Waals surface area contributed by atoms with Crippen LogP contribution >= 0.6 is 0 Å². The van der Waals surface area contributed by atoms with Crippen LogP contribution < -0.4 is 5.56 Å². The number of hydrogen-bond donors (Lipinski definition) is 1. The number of carbonyl (C=O) groups is 1. The Morgan fingerprint density at radius 3 is 2.38 bits per heavy atom. The second-order valence-electron chi connectivity index (χ2n) is 8.10. The number of amides is 1. The fraction of sp³-hybridized carbons (Fsp3) is 0.240. The first-order chi connectivity index (χ1) is 15.7. The van der Waals surface area contributed by atoms with Crippen molar-refractivity contribution in [3.63, 3.8) is 0 Å². The fourth-order valence-electron chi connectivity index (χ4n) is 4.22. The Kier molecular flexibility index (Phi) is 5.56. The van der Waals surface area contributed by atoms with Gasteiger partial charge in [-0.2, -0.15) is 0 Å². The summed E-state index contributed by atoms with van der Waals surface area (Å²) in [6.07, 6.45) is 1.49. The molecule has 0 aliphatic carbocycles. The van der Waals surface area contributed by atoms with Gasteiger partial charge in [0.15, 0.2) is 0 Å². The molecule has 0 bridgehead atoms. The highest BCUT2D eigenvalue weighted by Gasteiger charge is 2.23. The number of para-hydroxylation sites is 2. The molecule has 7 nitrogen and oxygen atoms in total. The van der Waals surface area contributed by atoms with Crippen LogP contribution in [0, 0.1) is 0 Å². The molecule has 1 aliphatic rings. The van der Waals surface area contributed by atoms with Crippen molar-refractivity contribution in [3.8, 4) is 0 Å². The maximum Gasteiger partial charge on any atom is 0.255 e. The number of imidazole rings is 1. The summed E-state index contributed by atoms with van der Waals surface area (Å²) in [6.45, 7) is 4.38. The first-order valence-electron chi connectivity index (χ1n) is 10.9. The van der Waals surface area contributed by atoms with E-state index in [1.807, 2.05) is 17.0 Å². The lowest BCUT2D eigenvalue weighted by atomic mass is 10.2. The molecular weight excluding hydrogens is 402 g/mol. The van der Waals surface area contributed by atoms with Crippen molar-refractivity contribution in [3.05, 3.63) is 100 Å². The molecule has 2 aromatic heterocycles. The number of piperazine rings is 1. The number of fused-ring (bicyclic) bond motifs is 1. The third-order valence-corrected chi connectivity index (χ3v) is 5.97. The van der Waals surface area contributed by atoms with Gasteiger partial charge in [-0.05, 0) is 23.8 Å². The van der Waals surface area contributed by atoms with Crippen LogP contribution in [0.25, 0.3) is 11.0 Å². The van der Waals surface area contributed by atoms with E-state index in [1.165, 1.54) is 17.8 Å². The standard InChI is InChI=1S/C25H25N5O2/c31-24-11-10-20(16-26-24)25(32)29-14-12-28(13-15-29)18-23-27-21-8-4-5-9-22(21)30(23)17-19-6-2-1-3-7-19/h1-11,16H,12-15,17-18H2,(H,26,31). The number of aromatic amines is 1. The van der Waals surface area contributed by atoms with E-state index in [4.69, 9.17) is 4.98 Å². The van der Waals surface area contributed by atoms with Gasteiger partial charge in [0.25, 0.3) is 5.91 Å². The van der Waals surface area contributed by atoms with Gasteiger partial charge in [0.05, 0.1) is 23.1 Å². The largest absolute Gasteiger partial charge is 0.336 e. The van der Waals surface area contributed by atoms with E-state index in [2.05, 4.69) is 56.9 Å². The van der Waals surface area contributed by atoms with Gasteiger partial charge in [-0.3, -0.25) is 14.5 Å². The molecule has 0 radical (unpaired) electrons. The van der Waals surface area contributed by atoms with Crippen molar-refractivity contribution in [1.82, 2.24) is 24.3 Å². The average molecular weight is 428 g/mol. The molecule has 32 heavy (non-hydrogen) atoms. The lowest BCUT2D eigenvalue weighted by Gasteiger charge is -2.34. The molecule has 4 aromatic rings. The summed E-state index contributed by atoms with van der Waals surface area (Å²) in [5.41, 5.74) is 3.70. The van der Waals surface area contributed by atoms with E-state index in [1.54, 1.807) is 6.07 Å². The summed E-state index contributed by atoms with van der Waals surface area (Å²) in [7, 11) is 0. The zero-order chi connectivity index (χ0) is 21.9. The number of carbonyl (C=O) groups excluding carboxylic acids is 1. The van der Waals surface area contributed by atoms with Crippen molar-refractivity contribution >= 4 is 16.9 Å². The minimum Gasteiger partial charge on any atom is -0.336 e. The number of rotatable bonds is 5. The zero-order valence-electron chi connectivity index (χ0n) is 17.8. The predicted octanol–water partition coefficient (Wildman–Crippen LogP) is 2.73. The van der Waals surface area contributed by atoms with Crippen LogP contribution in [0.4, 0.5) is 0 Å². The van der Waals surface area contributed by atoms with Crippen LogP contribution in [-0.2, 0) is 13.1 Å². The van der Waals surface area contributed by atoms with Gasteiger partial charge >= 0.3 is 0 Å². The van der Waals surface area contributed by atoms with E-state index in [9.17, 15) is 9.59 Å². The summed E-state index contributed by atoms with van der Waals surface area (Å²) in [4.78, 5) is 35.7. The summed E-state index contributed by atoms with van der Waals surface area (Å²) < 4.78 is 2.29. The van der Waals surface area contributed by atoms with Crippen LogP contribution in [0.5, 0.6) is 0 Å².